The predicted octanol–water partition coefficient (Wildman–Crippen LogP) is 4.57. The number of pyridine rings is 1. The zero-order chi connectivity index (χ0) is 13.1. The number of unbranched alkanes of at least 4 members (excludes halogenated alkanes) is 1. The van der Waals surface area contributed by atoms with Gasteiger partial charge in [0.15, 0.2) is 0 Å². The molecule has 0 aromatic carbocycles. The van der Waals surface area contributed by atoms with Gasteiger partial charge in [-0.05, 0) is 23.5 Å². The Kier molecular flexibility index (Phi) is 4.17. The van der Waals surface area contributed by atoms with Crippen LogP contribution in [-0.4, -0.2) is 4.98 Å². The Hall–Kier alpha value is -1.06. The standard InChI is InChI=1S/C13H18F3N/c1-4-5-7-12(2,3)11-9-17-8-6-10(11)13(14,15)16/h6,8-9H,4-5,7H2,1-3H3. The van der Waals surface area contributed by atoms with E-state index in [0.29, 0.717) is 5.56 Å². The van der Waals surface area contributed by atoms with Crippen molar-refractivity contribution in [3.63, 3.8) is 0 Å². The Morgan fingerprint density at radius 3 is 2.35 bits per heavy atom. The summed E-state index contributed by atoms with van der Waals surface area (Å²) in [5.74, 6) is 0. The van der Waals surface area contributed by atoms with Crippen molar-refractivity contribution in [3.8, 4) is 0 Å². The molecule has 0 amide bonds. The molecule has 1 rings (SSSR count). The summed E-state index contributed by atoms with van der Waals surface area (Å²) in [6, 6.07) is 1.06. The second-order valence-corrected chi connectivity index (χ2v) is 4.91. The first kappa shape index (κ1) is 14.0. The van der Waals surface area contributed by atoms with Crippen LogP contribution >= 0.6 is 0 Å². The van der Waals surface area contributed by atoms with Gasteiger partial charge in [-0.15, -0.1) is 0 Å². The van der Waals surface area contributed by atoms with E-state index in [9.17, 15) is 13.2 Å². The van der Waals surface area contributed by atoms with E-state index in [0.717, 1.165) is 25.3 Å². The van der Waals surface area contributed by atoms with Crippen LogP contribution in [0.5, 0.6) is 0 Å². The number of hydrogen-bond donors (Lipinski definition) is 0. The van der Waals surface area contributed by atoms with Gasteiger partial charge in [-0.25, -0.2) is 0 Å². The first-order valence-corrected chi connectivity index (χ1v) is 5.80. The molecule has 1 heterocycles. The number of halogens is 3. The molecule has 0 aliphatic rings. The van der Waals surface area contributed by atoms with E-state index >= 15 is 0 Å². The maximum Gasteiger partial charge on any atom is 0.416 e. The van der Waals surface area contributed by atoms with E-state index in [1.165, 1.54) is 12.4 Å². The maximum absolute atomic E-state index is 12.9. The smallest absolute Gasteiger partial charge is 0.264 e. The highest BCUT2D eigenvalue weighted by atomic mass is 19.4. The summed E-state index contributed by atoms with van der Waals surface area (Å²) >= 11 is 0. The van der Waals surface area contributed by atoms with E-state index in [-0.39, 0.29) is 0 Å². The van der Waals surface area contributed by atoms with Crippen molar-refractivity contribution in [3.05, 3.63) is 29.6 Å². The summed E-state index contributed by atoms with van der Waals surface area (Å²) in [4.78, 5) is 3.83. The minimum Gasteiger partial charge on any atom is -0.264 e. The average Bonchev–Trinajstić information content (AvgIpc) is 2.25. The number of aromatic nitrogens is 1. The molecule has 0 fully saturated rings. The van der Waals surface area contributed by atoms with Crippen molar-refractivity contribution < 1.29 is 13.2 Å². The van der Waals surface area contributed by atoms with Crippen LogP contribution in [0.3, 0.4) is 0 Å². The van der Waals surface area contributed by atoms with Gasteiger partial charge in [0.2, 0.25) is 0 Å². The Labute approximate surface area is 100 Å². The highest BCUT2D eigenvalue weighted by Gasteiger charge is 2.37. The predicted molar refractivity (Wildman–Crippen MR) is 61.8 cm³/mol. The molecule has 4 heteroatoms. The van der Waals surface area contributed by atoms with Crippen LogP contribution in [0.15, 0.2) is 18.5 Å². The van der Waals surface area contributed by atoms with E-state index in [1.807, 2.05) is 20.8 Å². The lowest BCUT2D eigenvalue weighted by atomic mass is 9.78. The molecule has 0 aliphatic carbocycles. The van der Waals surface area contributed by atoms with Crippen molar-refractivity contribution in [1.29, 1.82) is 0 Å². The van der Waals surface area contributed by atoms with Crippen molar-refractivity contribution in [1.82, 2.24) is 4.98 Å². The van der Waals surface area contributed by atoms with E-state index in [1.54, 1.807) is 0 Å². The first-order valence-electron chi connectivity index (χ1n) is 5.80. The molecule has 0 unspecified atom stereocenters. The van der Waals surface area contributed by atoms with Crippen molar-refractivity contribution in [2.24, 2.45) is 0 Å². The lowest BCUT2D eigenvalue weighted by molar-refractivity contribution is -0.138. The third kappa shape index (κ3) is 3.45. The van der Waals surface area contributed by atoms with Gasteiger partial charge in [0.1, 0.15) is 0 Å². The summed E-state index contributed by atoms with van der Waals surface area (Å²) in [7, 11) is 0. The fraction of sp³-hybridized carbons (Fsp3) is 0.615. The van der Waals surface area contributed by atoms with Gasteiger partial charge in [0.05, 0.1) is 5.56 Å². The summed E-state index contributed by atoms with van der Waals surface area (Å²) in [5.41, 5.74) is -0.760. The zero-order valence-corrected chi connectivity index (χ0v) is 10.4. The molecule has 0 N–H and O–H groups in total. The normalized spacial score (nSPS) is 12.8. The SMILES string of the molecule is CCCCC(C)(C)c1cnccc1C(F)(F)F. The Morgan fingerprint density at radius 1 is 1.18 bits per heavy atom. The molecular formula is C13H18F3N. The summed E-state index contributed by atoms with van der Waals surface area (Å²) in [6.45, 7) is 5.72. The molecule has 0 aliphatic heterocycles. The molecule has 17 heavy (non-hydrogen) atoms. The van der Waals surface area contributed by atoms with Gasteiger partial charge < -0.3 is 0 Å². The van der Waals surface area contributed by atoms with Crippen LogP contribution in [0.2, 0.25) is 0 Å². The van der Waals surface area contributed by atoms with Crippen LogP contribution < -0.4 is 0 Å². The van der Waals surface area contributed by atoms with Crippen molar-refractivity contribution in [2.75, 3.05) is 0 Å². The van der Waals surface area contributed by atoms with Gasteiger partial charge in [0, 0.05) is 12.4 Å². The molecule has 0 radical (unpaired) electrons. The molecular weight excluding hydrogens is 227 g/mol. The third-order valence-electron chi connectivity index (χ3n) is 3.01. The highest BCUT2D eigenvalue weighted by Crippen LogP contribution is 2.38. The Balaban J connectivity index is 3.13. The second-order valence-electron chi connectivity index (χ2n) is 4.91. The molecule has 0 saturated carbocycles. The van der Waals surface area contributed by atoms with Crippen LogP contribution in [0.1, 0.15) is 51.2 Å². The van der Waals surface area contributed by atoms with Crippen LogP contribution in [0.4, 0.5) is 13.2 Å². The zero-order valence-electron chi connectivity index (χ0n) is 10.4. The second kappa shape index (κ2) is 5.07. The lowest BCUT2D eigenvalue weighted by Crippen LogP contribution is -2.23. The van der Waals surface area contributed by atoms with Crippen molar-refractivity contribution in [2.45, 2.75) is 51.6 Å². The Morgan fingerprint density at radius 2 is 1.82 bits per heavy atom. The minimum absolute atomic E-state index is 0.293. The lowest BCUT2D eigenvalue weighted by Gasteiger charge is -2.28. The highest BCUT2D eigenvalue weighted by molar-refractivity contribution is 5.32. The van der Waals surface area contributed by atoms with E-state index in [2.05, 4.69) is 4.98 Å². The number of nitrogens with zero attached hydrogens (tertiary/aromatic N) is 1. The fourth-order valence-electron chi connectivity index (χ4n) is 1.93. The molecule has 96 valence electrons. The van der Waals surface area contributed by atoms with Gasteiger partial charge in [0.25, 0.3) is 0 Å². The monoisotopic (exact) mass is 245 g/mol. The van der Waals surface area contributed by atoms with Gasteiger partial charge in [-0.1, -0.05) is 33.6 Å². The number of alkyl halides is 3. The summed E-state index contributed by atoms with van der Waals surface area (Å²) in [6.07, 6.45) is 0.866. The molecule has 0 bridgehead atoms. The number of rotatable bonds is 4. The van der Waals surface area contributed by atoms with Crippen LogP contribution in [0, 0.1) is 0 Å². The van der Waals surface area contributed by atoms with E-state index < -0.39 is 17.2 Å². The van der Waals surface area contributed by atoms with Gasteiger partial charge in [-0.3, -0.25) is 4.98 Å². The summed E-state index contributed by atoms with van der Waals surface area (Å²) < 4.78 is 38.6. The van der Waals surface area contributed by atoms with E-state index in [4.69, 9.17) is 0 Å². The fourth-order valence-corrected chi connectivity index (χ4v) is 1.93. The van der Waals surface area contributed by atoms with Gasteiger partial charge in [-0.2, -0.15) is 13.2 Å². The quantitative estimate of drug-likeness (QED) is 0.757. The minimum atomic E-state index is -4.30. The average molecular weight is 245 g/mol. The molecule has 0 saturated heterocycles. The maximum atomic E-state index is 12.9. The molecule has 0 atom stereocenters. The molecule has 1 aromatic rings. The van der Waals surface area contributed by atoms with Gasteiger partial charge >= 0.3 is 6.18 Å². The molecule has 0 spiro atoms. The van der Waals surface area contributed by atoms with Crippen LogP contribution in [-0.2, 0) is 11.6 Å². The first-order chi connectivity index (χ1) is 7.79. The largest absolute Gasteiger partial charge is 0.416 e. The summed E-state index contributed by atoms with van der Waals surface area (Å²) in [5, 5.41) is 0. The Bertz CT molecular complexity index is 369. The molecule has 1 nitrogen and oxygen atoms in total. The molecule has 1 aromatic heterocycles. The topological polar surface area (TPSA) is 12.9 Å². The van der Waals surface area contributed by atoms with Crippen LogP contribution in [0.25, 0.3) is 0 Å². The van der Waals surface area contributed by atoms with Crippen molar-refractivity contribution >= 4 is 0 Å². The third-order valence-corrected chi connectivity index (χ3v) is 3.01. The number of hydrogen-bond acceptors (Lipinski definition) is 1.